The lowest BCUT2D eigenvalue weighted by Gasteiger charge is -2.31. The van der Waals surface area contributed by atoms with Crippen LogP contribution in [-0.2, 0) is 6.54 Å². The van der Waals surface area contributed by atoms with E-state index < -0.39 is 0 Å². The van der Waals surface area contributed by atoms with Gasteiger partial charge in [0.1, 0.15) is 5.82 Å². The Morgan fingerprint density at radius 2 is 1.96 bits per heavy atom. The van der Waals surface area contributed by atoms with E-state index in [4.69, 9.17) is 0 Å². The molecule has 5 nitrogen and oxygen atoms in total. The van der Waals surface area contributed by atoms with E-state index in [-0.39, 0.29) is 24.0 Å². The minimum Gasteiger partial charge on any atom is -0.357 e. The Bertz CT molecular complexity index is 568. The first kappa shape index (κ1) is 20.0. The second-order valence-electron chi connectivity index (χ2n) is 6.90. The van der Waals surface area contributed by atoms with Gasteiger partial charge in [0.25, 0.3) is 0 Å². The molecule has 1 aliphatic heterocycles. The summed E-state index contributed by atoms with van der Waals surface area (Å²) in [6.07, 6.45) is 11.1. The zero-order valence-corrected chi connectivity index (χ0v) is 17.6. The third-order valence-corrected chi connectivity index (χ3v) is 4.95. The van der Waals surface area contributed by atoms with Gasteiger partial charge in [-0.05, 0) is 43.2 Å². The lowest BCUT2D eigenvalue weighted by molar-refractivity contribution is 0.436. The molecule has 0 unspecified atom stereocenters. The third-order valence-electron chi connectivity index (χ3n) is 4.95. The Hall–Kier alpha value is -1.31. The number of pyridine rings is 1. The van der Waals surface area contributed by atoms with Crippen LogP contribution in [0.1, 0.15) is 38.2 Å². The van der Waals surface area contributed by atoms with Gasteiger partial charge in [0.2, 0.25) is 0 Å². The van der Waals surface area contributed by atoms with Crippen LogP contribution in [0.15, 0.2) is 35.5 Å². The first-order chi connectivity index (χ1) is 11.7. The van der Waals surface area contributed by atoms with Crippen molar-refractivity contribution in [2.24, 2.45) is 10.9 Å². The van der Waals surface area contributed by atoms with E-state index in [1.807, 2.05) is 13.2 Å². The van der Waals surface area contributed by atoms with Gasteiger partial charge in [0.05, 0.1) is 0 Å². The van der Waals surface area contributed by atoms with E-state index in [9.17, 15) is 0 Å². The number of hydrogen-bond donors (Lipinski definition) is 2. The molecule has 1 saturated heterocycles. The van der Waals surface area contributed by atoms with Gasteiger partial charge in [0, 0.05) is 38.9 Å². The molecule has 6 heteroatoms. The number of halogens is 1. The van der Waals surface area contributed by atoms with Crippen molar-refractivity contribution >= 4 is 35.8 Å². The quantitative estimate of drug-likeness (QED) is 0.317. The molecule has 0 bridgehead atoms. The van der Waals surface area contributed by atoms with E-state index in [2.05, 4.69) is 56.7 Å². The molecule has 1 aliphatic carbocycles. The first-order valence-corrected chi connectivity index (χ1v) is 9.06. The minimum absolute atomic E-state index is 0. The third kappa shape index (κ3) is 5.87. The molecule has 0 spiro atoms. The molecule has 3 rings (SSSR count). The van der Waals surface area contributed by atoms with Crippen LogP contribution in [0.25, 0.3) is 0 Å². The Kier molecular flexibility index (Phi) is 7.99. The van der Waals surface area contributed by atoms with Gasteiger partial charge < -0.3 is 15.5 Å². The highest BCUT2D eigenvalue weighted by atomic mass is 127. The number of piperidine rings is 1. The van der Waals surface area contributed by atoms with Crippen molar-refractivity contribution in [1.82, 2.24) is 15.6 Å². The van der Waals surface area contributed by atoms with Gasteiger partial charge in [-0.25, -0.2) is 4.98 Å². The van der Waals surface area contributed by atoms with Crippen molar-refractivity contribution in [2.75, 3.05) is 25.0 Å². The molecule has 2 aliphatic rings. The van der Waals surface area contributed by atoms with Gasteiger partial charge >= 0.3 is 0 Å². The zero-order chi connectivity index (χ0) is 16.8. The highest BCUT2D eigenvalue weighted by Gasteiger charge is 2.16. The highest BCUT2D eigenvalue weighted by Crippen LogP contribution is 2.21. The summed E-state index contributed by atoms with van der Waals surface area (Å²) in [6.45, 7) is 5.32. The fourth-order valence-corrected chi connectivity index (χ4v) is 3.25. The molecule has 1 aromatic rings. The Labute approximate surface area is 168 Å². The molecule has 138 valence electrons. The second kappa shape index (κ2) is 9.99. The molecule has 0 amide bonds. The second-order valence-corrected chi connectivity index (χ2v) is 6.90. The summed E-state index contributed by atoms with van der Waals surface area (Å²) < 4.78 is 0. The average Bonchev–Trinajstić information content (AvgIpc) is 3.13. The molecule has 1 fully saturated rings. The van der Waals surface area contributed by atoms with E-state index in [0.717, 1.165) is 50.2 Å². The van der Waals surface area contributed by atoms with Gasteiger partial charge in [0.15, 0.2) is 5.96 Å². The summed E-state index contributed by atoms with van der Waals surface area (Å²) in [5.74, 6) is 2.81. The number of anilines is 1. The first-order valence-electron chi connectivity index (χ1n) is 9.06. The highest BCUT2D eigenvalue weighted by molar-refractivity contribution is 14.0. The van der Waals surface area contributed by atoms with Crippen LogP contribution in [0.4, 0.5) is 5.82 Å². The van der Waals surface area contributed by atoms with E-state index in [0.29, 0.717) is 6.04 Å². The largest absolute Gasteiger partial charge is 0.357 e. The smallest absolute Gasteiger partial charge is 0.191 e. The van der Waals surface area contributed by atoms with Gasteiger partial charge in [-0.15, -0.1) is 24.0 Å². The molecule has 2 N–H and O–H groups in total. The number of nitrogens with one attached hydrogen (secondary N) is 2. The molecule has 0 aromatic carbocycles. The lowest BCUT2D eigenvalue weighted by atomic mass is 9.99. The summed E-state index contributed by atoms with van der Waals surface area (Å²) >= 11 is 0. The van der Waals surface area contributed by atoms with E-state index in [1.54, 1.807) is 0 Å². The predicted molar refractivity (Wildman–Crippen MR) is 116 cm³/mol. The maximum atomic E-state index is 4.65. The number of guanidine groups is 1. The van der Waals surface area contributed by atoms with Crippen LogP contribution in [0, 0.1) is 5.92 Å². The van der Waals surface area contributed by atoms with Crippen LogP contribution in [-0.4, -0.2) is 37.1 Å². The topological polar surface area (TPSA) is 52.6 Å². The van der Waals surface area contributed by atoms with Gasteiger partial charge in [-0.1, -0.05) is 25.1 Å². The standard InChI is InChI=1S/C19H29N5.HI/c1-15-9-11-24(12-10-15)18-8-7-16(13-21-18)14-22-19(20-2)23-17-5-3-4-6-17;/h3-4,7-8,13,15,17H,5-6,9-12,14H2,1-2H3,(H2,20,22,23);1H. The van der Waals surface area contributed by atoms with Crippen LogP contribution < -0.4 is 15.5 Å². The van der Waals surface area contributed by atoms with Crippen molar-refractivity contribution in [3.63, 3.8) is 0 Å². The Morgan fingerprint density at radius 1 is 1.24 bits per heavy atom. The number of rotatable bonds is 4. The molecule has 0 atom stereocenters. The fraction of sp³-hybridized carbons (Fsp3) is 0.579. The molecule has 0 radical (unpaired) electrons. The van der Waals surface area contributed by atoms with Gasteiger partial charge in [-0.3, -0.25) is 4.99 Å². The number of aromatic nitrogens is 1. The van der Waals surface area contributed by atoms with Crippen molar-refractivity contribution < 1.29 is 0 Å². The van der Waals surface area contributed by atoms with Crippen LogP contribution >= 0.6 is 24.0 Å². The predicted octanol–water partition coefficient (Wildman–Crippen LogP) is 3.32. The number of hydrogen-bond acceptors (Lipinski definition) is 3. The van der Waals surface area contributed by atoms with Crippen molar-refractivity contribution in [3.05, 3.63) is 36.0 Å². The monoisotopic (exact) mass is 455 g/mol. The summed E-state index contributed by atoms with van der Waals surface area (Å²) in [5, 5.41) is 6.83. The summed E-state index contributed by atoms with van der Waals surface area (Å²) in [5.41, 5.74) is 1.18. The molecular formula is C19H30IN5. The molecular weight excluding hydrogens is 425 g/mol. The van der Waals surface area contributed by atoms with Crippen molar-refractivity contribution in [2.45, 2.75) is 45.2 Å². The zero-order valence-electron chi connectivity index (χ0n) is 15.2. The molecule has 2 heterocycles. The van der Waals surface area contributed by atoms with E-state index >= 15 is 0 Å². The molecule has 25 heavy (non-hydrogen) atoms. The van der Waals surface area contributed by atoms with Crippen LogP contribution in [0.2, 0.25) is 0 Å². The van der Waals surface area contributed by atoms with Crippen LogP contribution in [0.5, 0.6) is 0 Å². The maximum absolute atomic E-state index is 4.65. The van der Waals surface area contributed by atoms with E-state index in [1.165, 1.54) is 18.4 Å². The normalized spacial score (nSPS) is 19.0. The summed E-state index contributed by atoms with van der Waals surface area (Å²) in [4.78, 5) is 11.3. The van der Waals surface area contributed by atoms with Crippen LogP contribution in [0.3, 0.4) is 0 Å². The Balaban J connectivity index is 0.00000225. The minimum atomic E-state index is 0. The van der Waals surface area contributed by atoms with Crippen molar-refractivity contribution in [3.8, 4) is 0 Å². The molecule has 1 aromatic heterocycles. The number of aliphatic imine (C=N–C) groups is 1. The lowest BCUT2D eigenvalue weighted by Crippen LogP contribution is -2.42. The SMILES string of the molecule is CN=C(NCc1ccc(N2CCC(C)CC2)nc1)NC1CC=CC1.I. The molecule has 0 saturated carbocycles. The average molecular weight is 455 g/mol. The summed E-state index contributed by atoms with van der Waals surface area (Å²) in [7, 11) is 1.82. The Morgan fingerprint density at radius 3 is 2.56 bits per heavy atom. The maximum Gasteiger partial charge on any atom is 0.191 e. The van der Waals surface area contributed by atoms with Crippen molar-refractivity contribution in [1.29, 1.82) is 0 Å². The number of nitrogens with zero attached hydrogens (tertiary/aromatic N) is 3. The fourth-order valence-electron chi connectivity index (χ4n) is 3.25. The van der Waals surface area contributed by atoms with Gasteiger partial charge in [-0.2, -0.15) is 0 Å². The summed E-state index contributed by atoms with van der Waals surface area (Å²) in [6, 6.07) is 4.78.